The first-order valence-corrected chi connectivity index (χ1v) is 6.15. The predicted molar refractivity (Wildman–Crippen MR) is 67.6 cm³/mol. The number of benzene rings is 1. The van der Waals surface area contributed by atoms with E-state index in [1.807, 2.05) is 24.3 Å². The van der Waals surface area contributed by atoms with Gasteiger partial charge in [0.15, 0.2) is 0 Å². The van der Waals surface area contributed by atoms with Crippen molar-refractivity contribution in [1.82, 2.24) is 10.5 Å². The summed E-state index contributed by atoms with van der Waals surface area (Å²) in [4.78, 5) is 12.0. The summed E-state index contributed by atoms with van der Waals surface area (Å²) in [5.41, 5.74) is 2.67. The van der Waals surface area contributed by atoms with Gasteiger partial charge in [0.2, 0.25) is 5.76 Å². The highest BCUT2D eigenvalue weighted by Gasteiger charge is 2.32. The zero-order valence-corrected chi connectivity index (χ0v) is 10.5. The topological polar surface area (TPSA) is 75.4 Å². The zero-order valence-electron chi connectivity index (χ0n) is 10.5. The van der Waals surface area contributed by atoms with Crippen molar-refractivity contribution >= 4 is 5.91 Å². The standard InChI is InChI=1S/C14H14N2O3/c1-8-6-12(19-16-8)14(18)15-13-10-5-3-2-4-9(10)7-11(13)17/h2-6,11,13,17H,7H2,1H3,(H,15,18). The number of amides is 1. The van der Waals surface area contributed by atoms with Gasteiger partial charge in [-0.3, -0.25) is 4.79 Å². The van der Waals surface area contributed by atoms with Gasteiger partial charge in [0.1, 0.15) is 0 Å². The summed E-state index contributed by atoms with van der Waals surface area (Å²) >= 11 is 0. The fourth-order valence-corrected chi connectivity index (χ4v) is 2.43. The van der Waals surface area contributed by atoms with Gasteiger partial charge in [0.25, 0.3) is 5.91 Å². The molecular formula is C14H14N2O3. The van der Waals surface area contributed by atoms with Crippen LogP contribution in [0.4, 0.5) is 0 Å². The lowest BCUT2D eigenvalue weighted by Crippen LogP contribution is -2.33. The molecule has 0 radical (unpaired) electrons. The average Bonchev–Trinajstić information content (AvgIpc) is 2.95. The Kier molecular flexibility index (Phi) is 2.83. The molecule has 2 atom stereocenters. The number of aliphatic hydroxyl groups excluding tert-OH is 1. The van der Waals surface area contributed by atoms with Crippen LogP contribution >= 0.6 is 0 Å². The predicted octanol–water partition coefficient (Wildman–Crippen LogP) is 1.37. The lowest BCUT2D eigenvalue weighted by Gasteiger charge is -2.16. The van der Waals surface area contributed by atoms with Crippen LogP contribution in [0.2, 0.25) is 0 Å². The molecule has 0 bridgehead atoms. The highest BCUT2D eigenvalue weighted by molar-refractivity contribution is 5.91. The smallest absolute Gasteiger partial charge is 0.290 e. The monoisotopic (exact) mass is 258 g/mol. The Morgan fingerprint density at radius 1 is 1.47 bits per heavy atom. The molecule has 0 spiro atoms. The van der Waals surface area contributed by atoms with E-state index in [-0.39, 0.29) is 11.7 Å². The van der Waals surface area contributed by atoms with Gasteiger partial charge in [-0.05, 0) is 18.1 Å². The van der Waals surface area contributed by atoms with Crippen LogP contribution in [-0.2, 0) is 6.42 Å². The van der Waals surface area contributed by atoms with E-state index < -0.39 is 12.1 Å². The molecule has 3 rings (SSSR count). The van der Waals surface area contributed by atoms with Crippen LogP contribution in [-0.4, -0.2) is 22.3 Å². The molecule has 1 aromatic heterocycles. The van der Waals surface area contributed by atoms with Gasteiger partial charge in [-0.25, -0.2) is 0 Å². The summed E-state index contributed by atoms with van der Waals surface area (Å²) in [6, 6.07) is 8.88. The number of carbonyl (C=O) groups excluding carboxylic acids is 1. The van der Waals surface area contributed by atoms with Crippen LogP contribution in [0.3, 0.4) is 0 Å². The van der Waals surface area contributed by atoms with E-state index in [9.17, 15) is 9.90 Å². The second-order valence-electron chi connectivity index (χ2n) is 4.75. The summed E-state index contributed by atoms with van der Waals surface area (Å²) in [6.45, 7) is 1.75. The average molecular weight is 258 g/mol. The first-order chi connectivity index (χ1) is 9.15. The SMILES string of the molecule is Cc1cc(C(=O)NC2c3ccccc3CC2O)on1. The molecule has 0 fully saturated rings. The van der Waals surface area contributed by atoms with E-state index >= 15 is 0 Å². The van der Waals surface area contributed by atoms with E-state index in [1.54, 1.807) is 13.0 Å². The molecule has 5 nitrogen and oxygen atoms in total. The molecule has 0 aliphatic heterocycles. The molecule has 2 N–H and O–H groups in total. The Morgan fingerprint density at radius 2 is 2.26 bits per heavy atom. The number of aryl methyl sites for hydroxylation is 1. The van der Waals surface area contributed by atoms with Gasteiger partial charge in [-0.1, -0.05) is 29.4 Å². The van der Waals surface area contributed by atoms with Crippen molar-refractivity contribution < 1.29 is 14.4 Å². The van der Waals surface area contributed by atoms with Gasteiger partial charge in [-0.15, -0.1) is 0 Å². The van der Waals surface area contributed by atoms with Crippen molar-refractivity contribution in [2.24, 2.45) is 0 Å². The van der Waals surface area contributed by atoms with Crippen LogP contribution in [0.1, 0.15) is 33.4 Å². The molecule has 1 aliphatic rings. The van der Waals surface area contributed by atoms with Crippen molar-refractivity contribution in [1.29, 1.82) is 0 Å². The Labute approximate surface area is 110 Å². The fraction of sp³-hybridized carbons (Fsp3) is 0.286. The second-order valence-corrected chi connectivity index (χ2v) is 4.75. The number of rotatable bonds is 2. The Morgan fingerprint density at radius 3 is 3.00 bits per heavy atom. The largest absolute Gasteiger partial charge is 0.390 e. The van der Waals surface area contributed by atoms with E-state index in [0.717, 1.165) is 11.1 Å². The number of hydrogen-bond acceptors (Lipinski definition) is 4. The maximum absolute atomic E-state index is 12.0. The summed E-state index contributed by atoms with van der Waals surface area (Å²) in [7, 11) is 0. The Hall–Kier alpha value is -2.14. The molecule has 2 unspecified atom stereocenters. The minimum absolute atomic E-state index is 0.161. The van der Waals surface area contributed by atoms with Crippen molar-refractivity contribution in [3.63, 3.8) is 0 Å². The highest BCUT2D eigenvalue weighted by Crippen LogP contribution is 2.31. The number of hydrogen-bond donors (Lipinski definition) is 2. The van der Waals surface area contributed by atoms with Crippen molar-refractivity contribution in [2.45, 2.75) is 25.5 Å². The van der Waals surface area contributed by atoms with Gasteiger partial charge in [0, 0.05) is 12.5 Å². The number of aliphatic hydroxyl groups is 1. The second kappa shape index (κ2) is 4.51. The first kappa shape index (κ1) is 11.9. The third kappa shape index (κ3) is 2.13. The summed E-state index contributed by atoms with van der Waals surface area (Å²) < 4.78 is 4.92. The summed E-state index contributed by atoms with van der Waals surface area (Å²) in [6.07, 6.45) is -0.0540. The maximum atomic E-state index is 12.0. The maximum Gasteiger partial charge on any atom is 0.290 e. The van der Waals surface area contributed by atoms with Crippen LogP contribution in [0, 0.1) is 6.92 Å². The Bertz CT molecular complexity index is 621. The lowest BCUT2D eigenvalue weighted by molar-refractivity contribution is 0.0823. The van der Waals surface area contributed by atoms with Gasteiger partial charge >= 0.3 is 0 Å². The first-order valence-electron chi connectivity index (χ1n) is 6.15. The Balaban J connectivity index is 1.82. The van der Waals surface area contributed by atoms with Crippen LogP contribution in [0.5, 0.6) is 0 Å². The molecule has 98 valence electrons. The molecule has 19 heavy (non-hydrogen) atoms. The molecule has 0 saturated carbocycles. The van der Waals surface area contributed by atoms with Crippen LogP contribution < -0.4 is 5.32 Å². The third-order valence-electron chi connectivity index (χ3n) is 3.34. The molecule has 5 heteroatoms. The summed E-state index contributed by atoms with van der Waals surface area (Å²) in [5, 5.41) is 16.5. The van der Waals surface area contributed by atoms with Crippen molar-refractivity contribution in [2.75, 3.05) is 0 Å². The minimum atomic E-state index is -0.606. The van der Waals surface area contributed by atoms with E-state index in [0.29, 0.717) is 12.1 Å². The molecule has 2 aromatic rings. The highest BCUT2D eigenvalue weighted by atomic mass is 16.5. The number of fused-ring (bicyclic) bond motifs is 1. The van der Waals surface area contributed by atoms with E-state index in [2.05, 4.69) is 10.5 Å². The van der Waals surface area contributed by atoms with E-state index in [1.165, 1.54) is 0 Å². The number of carbonyl (C=O) groups is 1. The van der Waals surface area contributed by atoms with Gasteiger partial charge < -0.3 is 14.9 Å². The number of nitrogens with one attached hydrogen (secondary N) is 1. The molecule has 1 heterocycles. The van der Waals surface area contributed by atoms with E-state index in [4.69, 9.17) is 4.52 Å². The minimum Gasteiger partial charge on any atom is -0.390 e. The quantitative estimate of drug-likeness (QED) is 0.853. The van der Waals surface area contributed by atoms with Crippen molar-refractivity contribution in [3.05, 3.63) is 52.9 Å². The van der Waals surface area contributed by atoms with Crippen LogP contribution in [0.25, 0.3) is 0 Å². The molecule has 1 amide bonds. The summed E-state index contributed by atoms with van der Waals surface area (Å²) in [5.74, 6) is -0.199. The van der Waals surface area contributed by atoms with Crippen LogP contribution in [0.15, 0.2) is 34.9 Å². The third-order valence-corrected chi connectivity index (χ3v) is 3.34. The molecule has 0 saturated heterocycles. The van der Waals surface area contributed by atoms with Gasteiger partial charge in [-0.2, -0.15) is 0 Å². The normalized spacial score (nSPS) is 21.2. The zero-order chi connectivity index (χ0) is 13.4. The number of aromatic nitrogens is 1. The van der Waals surface area contributed by atoms with Crippen molar-refractivity contribution in [3.8, 4) is 0 Å². The molecule has 1 aromatic carbocycles. The lowest BCUT2D eigenvalue weighted by atomic mass is 10.1. The number of nitrogens with zero attached hydrogens (tertiary/aromatic N) is 1. The molecule has 1 aliphatic carbocycles. The fourth-order valence-electron chi connectivity index (χ4n) is 2.43. The van der Waals surface area contributed by atoms with Gasteiger partial charge in [0.05, 0.1) is 17.8 Å². The molecular weight excluding hydrogens is 244 g/mol.